The molecule has 0 aliphatic carbocycles. The van der Waals surface area contributed by atoms with Crippen LogP contribution in [0.3, 0.4) is 0 Å². The molecule has 0 unspecified atom stereocenters. The van der Waals surface area contributed by atoms with E-state index in [1.165, 1.54) is 0 Å². The molecule has 1 fully saturated rings. The number of benzene rings is 1. The van der Waals surface area contributed by atoms with Gasteiger partial charge in [-0.15, -0.1) is 0 Å². The predicted molar refractivity (Wildman–Crippen MR) is 80.1 cm³/mol. The number of piperidine rings is 1. The standard InChI is InChI=1S/C14H15FN4OS/c15-11-6-8-19(9-7-11)14(20)17-13-16-12(18-21-13)10-4-2-1-3-5-10/h1-5,11H,6-9H2,(H,16,17,18,20). The first kappa shape index (κ1) is 13.9. The molecule has 1 aliphatic heterocycles. The molecule has 0 saturated carbocycles. The lowest BCUT2D eigenvalue weighted by molar-refractivity contribution is 0.162. The Kier molecular flexibility index (Phi) is 4.10. The summed E-state index contributed by atoms with van der Waals surface area (Å²) in [5, 5.41) is 3.19. The number of aromatic nitrogens is 2. The fraction of sp³-hybridized carbons (Fsp3) is 0.357. The van der Waals surface area contributed by atoms with Gasteiger partial charge in [0.2, 0.25) is 5.13 Å². The van der Waals surface area contributed by atoms with E-state index in [2.05, 4.69) is 14.7 Å². The quantitative estimate of drug-likeness (QED) is 0.927. The van der Waals surface area contributed by atoms with E-state index < -0.39 is 6.17 Å². The first-order chi connectivity index (χ1) is 10.2. The van der Waals surface area contributed by atoms with Gasteiger partial charge in [0.1, 0.15) is 6.17 Å². The molecule has 1 aromatic carbocycles. The van der Waals surface area contributed by atoms with E-state index >= 15 is 0 Å². The zero-order valence-electron chi connectivity index (χ0n) is 11.3. The van der Waals surface area contributed by atoms with Gasteiger partial charge >= 0.3 is 6.03 Å². The maximum absolute atomic E-state index is 13.1. The first-order valence-corrected chi connectivity index (χ1v) is 7.59. The lowest BCUT2D eigenvalue weighted by atomic mass is 10.1. The molecule has 1 N–H and O–H groups in total. The number of carbonyl (C=O) groups is 1. The topological polar surface area (TPSA) is 58.1 Å². The summed E-state index contributed by atoms with van der Waals surface area (Å²) in [6.07, 6.45) is 0.0118. The molecular formula is C14H15FN4OS. The van der Waals surface area contributed by atoms with Gasteiger partial charge in [-0.1, -0.05) is 30.3 Å². The van der Waals surface area contributed by atoms with Gasteiger partial charge in [-0.25, -0.2) is 9.18 Å². The Labute approximate surface area is 126 Å². The molecular weight excluding hydrogens is 291 g/mol. The molecule has 5 nitrogen and oxygen atoms in total. The van der Waals surface area contributed by atoms with Crippen LogP contribution in [0.2, 0.25) is 0 Å². The number of amides is 2. The molecule has 0 radical (unpaired) electrons. The summed E-state index contributed by atoms with van der Waals surface area (Å²) in [7, 11) is 0. The number of urea groups is 1. The fourth-order valence-electron chi connectivity index (χ4n) is 2.20. The summed E-state index contributed by atoms with van der Waals surface area (Å²) in [5.41, 5.74) is 0.910. The van der Waals surface area contributed by atoms with Gasteiger partial charge in [0.15, 0.2) is 5.82 Å². The zero-order chi connectivity index (χ0) is 14.7. The molecule has 110 valence electrons. The Hall–Kier alpha value is -2.02. The van der Waals surface area contributed by atoms with E-state index in [0.717, 1.165) is 17.1 Å². The normalized spacial score (nSPS) is 16.0. The number of alkyl halides is 1. The average molecular weight is 306 g/mol. The van der Waals surface area contributed by atoms with Crippen LogP contribution < -0.4 is 5.32 Å². The SMILES string of the molecule is O=C(Nc1nc(-c2ccccc2)ns1)N1CCC(F)CC1. The summed E-state index contributed by atoms with van der Waals surface area (Å²) in [4.78, 5) is 18.0. The zero-order valence-corrected chi connectivity index (χ0v) is 12.1. The van der Waals surface area contributed by atoms with Crippen molar-refractivity contribution in [3.63, 3.8) is 0 Å². The van der Waals surface area contributed by atoms with Crippen molar-refractivity contribution in [2.45, 2.75) is 19.0 Å². The molecule has 1 aromatic heterocycles. The summed E-state index contributed by atoms with van der Waals surface area (Å²) in [6.45, 7) is 0.884. The van der Waals surface area contributed by atoms with Crippen molar-refractivity contribution in [3.8, 4) is 11.4 Å². The Balaban J connectivity index is 1.63. The van der Waals surface area contributed by atoms with Crippen LogP contribution in [-0.2, 0) is 0 Å². The number of hydrogen-bond donors (Lipinski definition) is 1. The molecule has 3 rings (SSSR count). The third kappa shape index (κ3) is 3.36. The van der Waals surface area contributed by atoms with Crippen LogP contribution in [0.15, 0.2) is 30.3 Å². The van der Waals surface area contributed by atoms with Gasteiger partial charge < -0.3 is 4.90 Å². The van der Waals surface area contributed by atoms with Crippen molar-refractivity contribution in [1.29, 1.82) is 0 Å². The first-order valence-electron chi connectivity index (χ1n) is 6.81. The predicted octanol–water partition coefficient (Wildman–Crippen LogP) is 3.17. The highest BCUT2D eigenvalue weighted by atomic mass is 32.1. The van der Waals surface area contributed by atoms with E-state index in [4.69, 9.17) is 0 Å². The monoisotopic (exact) mass is 306 g/mol. The molecule has 2 amide bonds. The highest BCUT2D eigenvalue weighted by molar-refractivity contribution is 7.10. The number of rotatable bonds is 2. The van der Waals surface area contributed by atoms with Crippen LogP contribution in [0.4, 0.5) is 14.3 Å². The number of anilines is 1. The number of hydrogen-bond acceptors (Lipinski definition) is 4. The van der Waals surface area contributed by atoms with Gasteiger partial charge in [0, 0.05) is 30.2 Å². The van der Waals surface area contributed by atoms with Crippen LogP contribution >= 0.6 is 11.5 Å². The van der Waals surface area contributed by atoms with Crippen molar-refractivity contribution in [2.75, 3.05) is 18.4 Å². The Morgan fingerprint density at radius 1 is 1.29 bits per heavy atom. The lowest BCUT2D eigenvalue weighted by Crippen LogP contribution is -2.41. The van der Waals surface area contributed by atoms with Crippen LogP contribution in [0.1, 0.15) is 12.8 Å². The Morgan fingerprint density at radius 3 is 2.71 bits per heavy atom. The van der Waals surface area contributed by atoms with E-state index in [1.807, 2.05) is 30.3 Å². The molecule has 0 atom stereocenters. The van der Waals surface area contributed by atoms with Crippen molar-refractivity contribution in [1.82, 2.24) is 14.3 Å². The average Bonchev–Trinajstić information content (AvgIpc) is 2.97. The number of carbonyl (C=O) groups excluding carboxylic acids is 1. The molecule has 1 saturated heterocycles. The van der Waals surface area contributed by atoms with Crippen LogP contribution in [0.5, 0.6) is 0 Å². The molecule has 2 aromatic rings. The van der Waals surface area contributed by atoms with E-state index in [1.54, 1.807) is 4.90 Å². The van der Waals surface area contributed by atoms with Gasteiger partial charge in [0.25, 0.3) is 0 Å². The highest BCUT2D eigenvalue weighted by Gasteiger charge is 2.23. The van der Waals surface area contributed by atoms with Gasteiger partial charge in [0.05, 0.1) is 0 Å². The summed E-state index contributed by atoms with van der Waals surface area (Å²) in [5.74, 6) is 0.596. The fourth-order valence-corrected chi connectivity index (χ4v) is 2.78. The second kappa shape index (κ2) is 6.17. The van der Waals surface area contributed by atoms with E-state index in [9.17, 15) is 9.18 Å². The second-order valence-corrected chi connectivity index (χ2v) is 5.63. The summed E-state index contributed by atoms with van der Waals surface area (Å²) in [6, 6.07) is 9.34. The van der Waals surface area contributed by atoms with Crippen LogP contribution in [0, 0.1) is 0 Å². The largest absolute Gasteiger partial charge is 0.324 e. The van der Waals surface area contributed by atoms with E-state index in [-0.39, 0.29) is 6.03 Å². The van der Waals surface area contributed by atoms with Gasteiger partial charge in [-0.05, 0) is 12.8 Å². The molecule has 21 heavy (non-hydrogen) atoms. The molecule has 7 heteroatoms. The molecule has 1 aliphatic rings. The summed E-state index contributed by atoms with van der Waals surface area (Å²) >= 11 is 1.14. The summed E-state index contributed by atoms with van der Waals surface area (Å²) < 4.78 is 17.3. The van der Waals surface area contributed by atoms with Gasteiger partial charge in [-0.2, -0.15) is 9.36 Å². The van der Waals surface area contributed by atoms with Crippen LogP contribution in [0.25, 0.3) is 11.4 Å². The second-order valence-electron chi connectivity index (χ2n) is 4.88. The molecule has 0 spiro atoms. The van der Waals surface area contributed by atoms with Gasteiger partial charge in [-0.3, -0.25) is 5.32 Å². The third-order valence-electron chi connectivity index (χ3n) is 3.38. The number of halogens is 1. The smallest absolute Gasteiger partial charge is 0.323 e. The lowest BCUT2D eigenvalue weighted by Gasteiger charge is -2.28. The van der Waals surface area contributed by atoms with Crippen molar-refractivity contribution < 1.29 is 9.18 Å². The number of nitrogens with zero attached hydrogens (tertiary/aromatic N) is 3. The highest BCUT2D eigenvalue weighted by Crippen LogP contribution is 2.21. The number of likely N-dealkylation sites (tertiary alicyclic amines) is 1. The maximum Gasteiger partial charge on any atom is 0.323 e. The minimum absolute atomic E-state index is 0.238. The Morgan fingerprint density at radius 2 is 2.00 bits per heavy atom. The molecule has 0 bridgehead atoms. The van der Waals surface area contributed by atoms with Crippen molar-refractivity contribution >= 4 is 22.7 Å². The minimum atomic E-state index is -0.791. The van der Waals surface area contributed by atoms with E-state index in [0.29, 0.717) is 36.9 Å². The third-order valence-corrected chi connectivity index (χ3v) is 4.01. The minimum Gasteiger partial charge on any atom is -0.324 e. The maximum atomic E-state index is 13.1. The van der Waals surface area contributed by atoms with Crippen molar-refractivity contribution in [3.05, 3.63) is 30.3 Å². The Bertz CT molecular complexity index is 610. The van der Waals surface area contributed by atoms with Crippen LogP contribution in [-0.4, -0.2) is 39.5 Å². The molecule has 2 heterocycles. The van der Waals surface area contributed by atoms with Crippen molar-refractivity contribution in [2.24, 2.45) is 0 Å². The number of nitrogens with one attached hydrogen (secondary N) is 1.